The van der Waals surface area contributed by atoms with E-state index in [0.717, 1.165) is 12.5 Å². The van der Waals surface area contributed by atoms with Crippen molar-refractivity contribution in [1.82, 2.24) is 0 Å². The summed E-state index contributed by atoms with van der Waals surface area (Å²) < 4.78 is 9.62. The standard InChI is InChI=1S/C14H14O6/c15-7-1-9-19-13(17)11-3-5-12(6-4-11)14(18)20-10-2-8-16/h1-8,15-16H,9-10H2. The topological polar surface area (TPSA) is 93.1 Å². The van der Waals surface area contributed by atoms with Gasteiger partial charge >= 0.3 is 11.9 Å². The highest BCUT2D eigenvalue weighted by Crippen LogP contribution is 2.07. The fourth-order valence-corrected chi connectivity index (χ4v) is 1.24. The van der Waals surface area contributed by atoms with E-state index in [4.69, 9.17) is 19.7 Å². The molecule has 0 heterocycles. The normalized spacial score (nSPS) is 10.8. The molecule has 20 heavy (non-hydrogen) atoms. The summed E-state index contributed by atoms with van der Waals surface area (Å²) in [4.78, 5) is 23.0. The Hall–Kier alpha value is -2.76. The third-order valence-corrected chi connectivity index (χ3v) is 2.19. The second-order valence-corrected chi connectivity index (χ2v) is 3.54. The van der Waals surface area contributed by atoms with Gasteiger partial charge in [0.25, 0.3) is 0 Å². The van der Waals surface area contributed by atoms with Crippen LogP contribution in [0.2, 0.25) is 0 Å². The largest absolute Gasteiger partial charge is 0.516 e. The van der Waals surface area contributed by atoms with Crippen LogP contribution in [0.25, 0.3) is 0 Å². The summed E-state index contributed by atoms with van der Waals surface area (Å²) in [7, 11) is 0. The van der Waals surface area contributed by atoms with Crippen LogP contribution in [0, 0.1) is 0 Å². The highest BCUT2D eigenvalue weighted by atomic mass is 16.5. The number of carbonyl (C=O) groups excluding carboxylic acids is 2. The molecule has 1 rings (SSSR count). The SMILES string of the molecule is O=C(OCC=CO)c1ccc(C(=O)OCC=CO)cc1. The molecule has 0 aromatic heterocycles. The van der Waals surface area contributed by atoms with E-state index in [-0.39, 0.29) is 24.3 Å². The molecule has 0 aliphatic carbocycles. The van der Waals surface area contributed by atoms with Crippen molar-refractivity contribution in [2.75, 3.05) is 13.2 Å². The molecule has 2 N–H and O–H groups in total. The zero-order chi connectivity index (χ0) is 14.8. The van der Waals surface area contributed by atoms with Crippen molar-refractivity contribution in [3.8, 4) is 0 Å². The molecule has 0 aliphatic rings. The third-order valence-electron chi connectivity index (χ3n) is 2.19. The van der Waals surface area contributed by atoms with Crippen molar-refractivity contribution in [1.29, 1.82) is 0 Å². The number of benzene rings is 1. The van der Waals surface area contributed by atoms with Crippen LogP contribution in [0.15, 0.2) is 48.9 Å². The minimum atomic E-state index is -0.564. The average molecular weight is 278 g/mol. The van der Waals surface area contributed by atoms with Crippen molar-refractivity contribution in [3.05, 3.63) is 60.1 Å². The maximum Gasteiger partial charge on any atom is 0.338 e. The second kappa shape index (κ2) is 8.36. The first-order valence-electron chi connectivity index (χ1n) is 5.71. The molecule has 0 atom stereocenters. The summed E-state index contributed by atoms with van der Waals surface area (Å²) in [6.07, 6.45) is 4.12. The maximum atomic E-state index is 11.5. The van der Waals surface area contributed by atoms with Gasteiger partial charge in [-0.3, -0.25) is 0 Å². The lowest BCUT2D eigenvalue weighted by atomic mass is 10.1. The van der Waals surface area contributed by atoms with E-state index >= 15 is 0 Å². The minimum absolute atomic E-state index is 0.0351. The van der Waals surface area contributed by atoms with Gasteiger partial charge in [0.2, 0.25) is 0 Å². The number of hydrogen-bond acceptors (Lipinski definition) is 6. The number of hydrogen-bond donors (Lipinski definition) is 2. The van der Waals surface area contributed by atoms with Crippen LogP contribution in [0.5, 0.6) is 0 Å². The Morgan fingerprint density at radius 1 is 0.850 bits per heavy atom. The summed E-state index contributed by atoms with van der Waals surface area (Å²) in [6.45, 7) is -0.0702. The van der Waals surface area contributed by atoms with Gasteiger partial charge in [0.1, 0.15) is 13.2 Å². The van der Waals surface area contributed by atoms with E-state index in [9.17, 15) is 9.59 Å². The van der Waals surface area contributed by atoms with Crippen molar-refractivity contribution in [2.24, 2.45) is 0 Å². The smallest absolute Gasteiger partial charge is 0.338 e. The molecule has 0 radical (unpaired) electrons. The third kappa shape index (κ3) is 4.85. The highest BCUT2D eigenvalue weighted by Gasteiger charge is 2.10. The number of aliphatic hydroxyl groups is 2. The molecule has 0 saturated heterocycles. The number of carbonyl (C=O) groups is 2. The van der Waals surface area contributed by atoms with Gasteiger partial charge < -0.3 is 19.7 Å². The predicted octanol–water partition coefficient (Wildman–Crippen LogP) is 2.14. The molecule has 6 nitrogen and oxygen atoms in total. The molecule has 1 aromatic carbocycles. The molecule has 1 aromatic rings. The zero-order valence-corrected chi connectivity index (χ0v) is 10.6. The number of rotatable bonds is 6. The van der Waals surface area contributed by atoms with Gasteiger partial charge in [-0.15, -0.1) is 0 Å². The molecule has 0 spiro atoms. The molecule has 0 bridgehead atoms. The van der Waals surface area contributed by atoms with Crippen LogP contribution < -0.4 is 0 Å². The fraction of sp³-hybridized carbons (Fsp3) is 0.143. The highest BCUT2D eigenvalue weighted by molar-refractivity contribution is 5.93. The molecule has 0 fully saturated rings. The summed E-state index contributed by atoms with van der Waals surface area (Å²) in [5.74, 6) is -1.13. The maximum absolute atomic E-state index is 11.5. The fourth-order valence-electron chi connectivity index (χ4n) is 1.24. The first kappa shape index (κ1) is 15.3. The van der Waals surface area contributed by atoms with Crippen LogP contribution in [0.1, 0.15) is 20.7 Å². The molecule has 0 amide bonds. The van der Waals surface area contributed by atoms with Gasteiger partial charge in [0, 0.05) is 0 Å². The number of esters is 2. The average Bonchev–Trinajstić information content (AvgIpc) is 2.47. The summed E-state index contributed by atoms with van der Waals surface area (Å²) in [5, 5.41) is 16.8. The Labute approximate surface area is 115 Å². The summed E-state index contributed by atoms with van der Waals surface area (Å²) in [5.41, 5.74) is 0.561. The molecule has 0 saturated carbocycles. The van der Waals surface area contributed by atoms with Crippen molar-refractivity contribution in [3.63, 3.8) is 0 Å². The molecular formula is C14H14O6. The first-order valence-corrected chi connectivity index (χ1v) is 5.71. The Bertz CT molecular complexity index is 454. The minimum Gasteiger partial charge on any atom is -0.516 e. The quantitative estimate of drug-likeness (QED) is 0.611. The lowest BCUT2D eigenvalue weighted by Crippen LogP contribution is -2.08. The monoisotopic (exact) mass is 278 g/mol. The first-order chi connectivity index (χ1) is 9.69. The van der Waals surface area contributed by atoms with Crippen LogP contribution in [0.4, 0.5) is 0 Å². The Morgan fingerprint density at radius 3 is 1.50 bits per heavy atom. The van der Waals surface area contributed by atoms with E-state index in [1.54, 1.807) is 0 Å². The molecule has 106 valence electrons. The van der Waals surface area contributed by atoms with Gasteiger partial charge in [0.05, 0.1) is 23.7 Å². The van der Waals surface area contributed by atoms with E-state index in [1.807, 2.05) is 0 Å². The number of aliphatic hydroxyl groups excluding tert-OH is 2. The van der Waals surface area contributed by atoms with Crippen molar-refractivity contribution < 1.29 is 29.3 Å². The van der Waals surface area contributed by atoms with Gasteiger partial charge in [-0.05, 0) is 36.4 Å². The summed E-state index contributed by atoms with van der Waals surface area (Å²) >= 11 is 0. The molecular weight excluding hydrogens is 264 g/mol. The van der Waals surface area contributed by atoms with E-state index in [2.05, 4.69) is 0 Å². The van der Waals surface area contributed by atoms with Crippen molar-refractivity contribution in [2.45, 2.75) is 0 Å². The van der Waals surface area contributed by atoms with E-state index in [0.29, 0.717) is 0 Å². The van der Waals surface area contributed by atoms with E-state index < -0.39 is 11.9 Å². The Kier molecular flexibility index (Phi) is 6.40. The van der Waals surface area contributed by atoms with E-state index in [1.165, 1.54) is 36.4 Å². The second-order valence-electron chi connectivity index (χ2n) is 3.54. The van der Waals surface area contributed by atoms with Gasteiger partial charge in [-0.25, -0.2) is 9.59 Å². The zero-order valence-electron chi connectivity index (χ0n) is 10.6. The molecule has 0 unspecified atom stereocenters. The Morgan fingerprint density at radius 2 is 1.20 bits per heavy atom. The molecule has 0 aliphatic heterocycles. The Balaban J connectivity index is 2.59. The lowest BCUT2D eigenvalue weighted by molar-refractivity contribution is 0.0533. The molecule has 6 heteroatoms. The summed E-state index contributed by atoms with van der Waals surface area (Å²) in [6, 6.07) is 5.74. The lowest BCUT2D eigenvalue weighted by Gasteiger charge is -2.04. The number of ether oxygens (including phenoxy) is 2. The van der Waals surface area contributed by atoms with Crippen LogP contribution in [-0.4, -0.2) is 35.4 Å². The van der Waals surface area contributed by atoms with Crippen LogP contribution in [-0.2, 0) is 9.47 Å². The van der Waals surface area contributed by atoms with Crippen LogP contribution in [0.3, 0.4) is 0 Å². The van der Waals surface area contributed by atoms with Crippen molar-refractivity contribution >= 4 is 11.9 Å². The predicted molar refractivity (Wildman–Crippen MR) is 70.5 cm³/mol. The van der Waals surface area contributed by atoms with Gasteiger partial charge in [-0.2, -0.15) is 0 Å². The van der Waals surface area contributed by atoms with Gasteiger partial charge in [0.15, 0.2) is 0 Å². The van der Waals surface area contributed by atoms with Gasteiger partial charge in [-0.1, -0.05) is 0 Å². The van der Waals surface area contributed by atoms with Crippen LogP contribution >= 0.6 is 0 Å².